The largest absolute Gasteiger partial charge is 0.461 e. The van der Waals surface area contributed by atoms with E-state index in [0.29, 0.717) is 46.5 Å². The van der Waals surface area contributed by atoms with Gasteiger partial charge in [0.2, 0.25) is 16.8 Å². The highest BCUT2D eigenvalue weighted by Gasteiger charge is 2.27. The van der Waals surface area contributed by atoms with Gasteiger partial charge < -0.3 is 24.2 Å². The zero-order chi connectivity index (χ0) is 24.9. The minimum atomic E-state index is -3.34. The molecule has 1 fully saturated rings. The molecule has 0 radical (unpaired) electrons. The number of fused-ring (bicyclic) bond motifs is 2. The standard InChI is InChI=1S/C23H24N6O5S2/c1-13-3-6-16(34-13)15-9-17-18(33-12-32-17)10-19(15)35-23-27-20-21(24)25-11-26-22(20)29(23)7-2-8-36(30,31)28-14-4-5-14/h3,6,9-11,14,28H,2,4-5,7-8,12H2,1H3,(H2,24,25,26). The highest BCUT2D eigenvalue weighted by atomic mass is 32.2. The van der Waals surface area contributed by atoms with Gasteiger partial charge >= 0.3 is 0 Å². The van der Waals surface area contributed by atoms with E-state index in [1.54, 1.807) is 0 Å². The molecule has 1 aromatic carbocycles. The van der Waals surface area contributed by atoms with Crippen molar-refractivity contribution in [2.75, 3.05) is 18.3 Å². The second kappa shape index (κ2) is 8.98. The monoisotopic (exact) mass is 528 g/mol. The summed E-state index contributed by atoms with van der Waals surface area (Å²) in [6, 6.07) is 7.66. The van der Waals surface area contributed by atoms with E-state index in [1.807, 2.05) is 35.8 Å². The second-order valence-electron chi connectivity index (χ2n) is 8.76. The molecule has 0 saturated heterocycles. The number of sulfonamides is 1. The fourth-order valence-electron chi connectivity index (χ4n) is 4.02. The SMILES string of the molecule is Cc1ccc(-c2cc3c(cc2Sc2nc4c(N)ncnc4n2CCCS(=O)(=O)NC2CC2)OCO3)o1. The molecule has 188 valence electrons. The molecule has 0 amide bonds. The Morgan fingerprint density at radius 2 is 2.00 bits per heavy atom. The van der Waals surface area contributed by atoms with Crippen LogP contribution in [-0.2, 0) is 16.6 Å². The third kappa shape index (κ3) is 4.61. The summed E-state index contributed by atoms with van der Waals surface area (Å²) < 4.78 is 46.5. The van der Waals surface area contributed by atoms with Crippen molar-refractivity contribution in [3.63, 3.8) is 0 Å². The fraction of sp³-hybridized carbons (Fsp3) is 0.348. The number of furan rings is 1. The smallest absolute Gasteiger partial charge is 0.231 e. The summed E-state index contributed by atoms with van der Waals surface area (Å²) in [5, 5.41) is 0.605. The van der Waals surface area contributed by atoms with E-state index in [4.69, 9.17) is 24.6 Å². The maximum atomic E-state index is 12.4. The lowest BCUT2D eigenvalue weighted by molar-refractivity contribution is 0.174. The average Bonchev–Trinajstić information content (AvgIpc) is 3.19. The lowest BCUT2D eigenvalue weighted by atomic mass is 10.1. The topological polar surface area (TPSA) is 147 Å². The first kappa shape index (κ1) is 23.1. The molecule has 4 aromatic rings. The second-order valence-corrected chi connectivity index (χ2v) is 11.6. The number of nitrogens with zero attached hydrogens (tertiary/aromatic N) is 4. The van der Waals surface area contributed by atoms with Crippen molar-refractivity contribution in [1.29, 1.82) is 0 Å². The van der Waals surface area contributed by atoms with E-state index in [9.17, 15) is 8.42 Å². The van der Waals surface area contributed by atoms with Crippen LogP contribution < -0.4 is 19.9 Å². The van der Waals surface area contributed by atoms with E-state index < -0.39 is 10.0 Å². The van der Waals surface area contributed by atoms with Crippen LogP contribution in [0, 0.1) is 6.92 Å². The number of aryl methyl sites for hydroxylation is 2. The number of hydrogen-bond donors (Lipinski definition) is 2. The first-order chi connectivity index (χ1) is 17.4. The summed E-state index contributed by atoms with van der Waals surface area (Å²) in [4.78, 5) is 14.0. The van der Waals surface area contributed by atoms with Gasteiger partial charge in [-0.2, -0.15) is 0 Å². The molecule has 2 aliphatic rings. The molecule has 1 aliphatic carbocycles. The molecule has 6 rings (SSSR count). The van der Waals surface area contributed by atoms with E-state index in [1.165, 1.54) is 18.1 Å². The molecule has 4 heterocycles. The van der Waals surface area contributed by atoms with Gasteiger partial charge in [0.25, 0.3) is 0 Å². The van der Waals surface area contributed by atoms with Crippen molar-refractivity contribution in [3.05, 3.63) is 36.4 Å². The first-order valence-corrected chi connectivity index (χ1v) is 14.0. The summed E-state index contributed by atoms with van der Waals surface area (Å²) in [5.41, 5.74) is 7.94. The van der Waals surface area contributed by atoms with Crippen molar-refractivity contribution in [1.82, 2.24) is 24.2 Å². The predicted octanol–water partition coefficient (Wildman–Crippen LogP) is 3.33. The van der Waals surface area contributed by atoms with Crippen LogP contribution in [0.2, 0.25) is 0 Å². The molecule has 3 N–H and O–H groups in total. The molecule has 13 heteroatoms. The van der Waals surface area contributed by atoms with Crippen molar-refractivity contribution in [2.45, 2.75) is 48.8 Å². The predicted molar refractivity (Wildman–Crippen MR) is 133 cm³/mol. The quantitative estimate of drug-likeness (QED) is 0.331. The highest BCUT2D eigenvalue weighted by molar-refractivity contribution is 7.99. The van der Waals surface area contributed by atoms with Gasteiger partial charge in [-0.3, -0.25) is 0 Å². The van der Waals surface area contributed by atoms with Gasteiger partial charge in [-0.05, 0) is 50.5 Å². The minimum Gasteiger partial charge on any atom is -0.461 e. The summed E-state index contributed by atoms with van der Waals surface area (Å²) in [7, 11) is -3.34. The first-order valence-electron chi connectivity index (χ1n) is 11.5. The molecule has 0 unspecified atom stereocenters. The Morgan fingerprint density at radius 1 is 1.19 bits per heavy atom. The number of hydrogen-bond acceptors (Lipinski definition) is 10. The van der Waals surface area contributed by atoms with E-state index in [0.717, 1.165) is 29.1 Å². The lowest BCUT2D eigenvalue weighted by Crippen LogP contribution is -2.28. The van der Waals surface area contributed by atoms with Gasteiger partial charge in [-0.25, -0.2) is 28.1 Å². The highest BCUT2D eigenvalue weighted by Crippen LogP contribution is 2.45. The summed E-state index contributed by atoms with van der Waals surface area (Å²) in [5.74, 6) is 3.01. The van der Waals surface area contributed by atoms with Crippen LogP contribution in [0.15, 0.2) is 45.1 Å². The molecule has 0 atom stereocenters. The number of ether oxygens (including phenoxy) is 2. The van der Waals surface area contributed by atoms with Crippen LogP contribution >= 0.6 is 11.8 Å². The molecular formula is C23H24N6O5S2. The zero-order valence-electron chi connectivity index (χ0n) is 19.4. The number of imidazole rings is 1. The molecule has 36 heavy (non-hydrogen) atoms. The van der Waals surface area contributed by atoms with Crippen LogP contribution in [0.5, 0.6) is 11.5 Å². The van der Waals surface area contributed by atoms with Crippen molar-refractivity contribution >= 4 is 38.8 Å². The Kier molecular flexibility index (Phi) is 5.77. The van der Waals surface area contributed by atoms with Crippen molar-refractivity contribution in [2.24, 2.45) is 0 Å². The van der Waals surface area contributed by atoms with Gasteiger partial charge in [-0.1, -0.05) is 11.8 Å². The summed E-state index contributed by atoms with van der Waals surface area (Å²) >= 11 is 1.39. The summed E-state index contributed by atoms with van der Waals surface area (Å²) in [6.07, 6.45) is 3.56. The van der Waals surface area contributed by atoms with Crippen molar-refractivity contribution < 1.29 is 22.3 Å². The molecule has 1 aliphatic heterocycles. The number of rotatable bonds is 9. The third-order valence-electron chi connectivity index (χ3n) is 5.93. The zero-order valence-corrected chi connectivity index (χ0v) is 21.1. The van der Waals surface area contributed by atoms with Gasteiger partial charge in [0, 0.05) is 23.0 Å². The Hall–Kier alpha value is -3.29. The summed E-state index contributed by atoms with van der Waals surface area (Å²) in [6.45, 7) is 2.42. The minimum absolute atomic E-state index is 0.00872. The van der Waals surface area contributed by atoms with Gasteiger partial charge in [0.1, 0.15) is 17.8 Å². The normalized spacial score (nSPS) is 15.1. The molecule has 0 spiro atoms. The maximum Gasteiger partial charge on any atom is 0.231 e. The van der Waals surface area contributed by atoms with Crippen LogP contribution in [0.4, 0.5) is 5.82 Å². The van der Waals surface area contributed by atoms with Crippen molar-refractivity contribution in [3.8, 4) is 22.8 Å². The molecule has 3 aromatic heterocycles. The number of nitrogens with one attached hydrogen (secondary N) is 1. The Morgan fingerprint density at radius 3 is 2.75 bits per heavy atom. The molecule has 0 bridgehead atoms. The van der Waals surface area contributed by atoms with E-state index in [-0.39, 0.29) is 24.4 Å². The van der Waals surface area contributed by atoms with Gasteiger partial charge in [0.15, 0.2) is 33.6 Å². The van der Waals surface area contributed by atoms with Crippen LogP contribution in [0.25, 0.3) is 22.5 Å². The van der Waals surface area contributed by atoms with Gasteiger partial charge in [-0.15, -0.1) is 0 Å². The van der Waals surface area contributed by atoms with Crippen LogP contribution in [0.1, 0.15) is 25.0 Å². The Bertz CT molecular complexity index is 1560. The molecule has 11 nitrogen and oxygen atoms in total. The maximum absolute atomic E-state index is 12.4. The molecule has 1 saturated carbocycles. The van der Waals surface area contributed by atoms with Crippen LogP contribution in [0.3, 0.4) is 0 Å². The number of benzene rings is 1. The van der Waals surface area contributed by atoms with E-state index in [2.05, 4.69) is 14.7 Å². The number of anilines is 1. The number of aromatic nitrogens is 4. The lowest BCUT2D eigenvalue weighted by Gasteiger charge is -2.12. The molecular weight excluding hydrogens is 504 g/mol. The van der Waals surface area contributed by atoms with E-state index >= 15 is 0 Å². The fourth-order valence-corrected chi connectivity index (χ4v) is 6.45. The Labute approximate surface area is 211 Å². The average molecular weight is 529 g/mol. The third-order valence-corrected chi connectivity index (χ3v) is 8.50. The number of nitrogens with two attached hydrogens (primary N) is 1. The van der Waals surface area contributed by atoms with Crippen LogP contribution in [-0.4, -0.2) is 46.5 Å². The Balaban J connectivity index is 1.36. The number of nitrogen functional groups attached to an aromatic ring is 1. The van der Waals surface area contributed by atoms with Gasteiger partial charge in [0.05, 0.1) is 5.75 Å².